The zero-order chi connectivity index (χ0) is 18.4. The van der Waals surface area contributed by atoms with Gasteiger partial charge in [-0.15, -0.1) is 0 Å². The van der Waals surface area contributed by atoms with Crippen LogP contribution in [0.3, 0.4) is 0 Å². The van der Waals surface area contributed by atoms with Crippen LogP contribution in [0.5, 0.6) is 0 Å². The van der Waals surface area contributed by atoms with E-state index in [0.717, 1.165) is 0 Å². The second kappa shape index (κ2) is 9.65. The Labute approximate surface area is 142 Å². The van der Waals surface area contributed by atoms with Crippen LogP contribution in [0.25, 0.3) is 0 Å². The van der Waals surface area contributed by atoms with Crippen LogP contribution in [-0.4, -0.2) is 80.7 Å². The molecule has 3 unspecified atom stereocenters. The van der Waals surface area contributed by atoms with Gasteiger partial charge in [0.25, 0.3) is 0 Å². The predicted octanol–water partition coefficient (Wildman–Crippen LogP) is -1.48. The van der Waals surface area contributed by atoms with Gasteiger partial charge in [0.15, 0.2) is 0 Å². The minimum atomic E-state index is -1.31. The highest BCUT2D eigenvalue weighted by molar-refractivity contribution is 5.75. The fraction of sp³-hybridized carbons (Fsp3) is 0.938. The zero-order valence-electron chi connectivity index (χ0n) is 14.5. The van der Waals surface area contributed by atoms with E-state index in [1.165, 1.54) is 0 Å². The molecule has 0 heterocycles. The Morgan fingerprint density at radius 2 is 1.79 bits per heavy atom. The lowest BCUT2D eigenvalue weighted by molar-refractivity contribution is -0.175. The predicted molar refractivity (Wildman–Crippen MR) is 86.1 cm³/mol. The van der Waals surface area contributed by atoms with Gasteiger partial charge in [-0.1, -0.05) is 20.8 Å². The van der Waals surface area contributed by atoms with Gasteiger partial charge in [0.1, 0.15) is 18.3 Å². The highest BCUT2D eigenvalue weighted by Gasteiger charge is 2.41. The van der Waals surface area contributed by atoms with Crippen LogP contribution in [0.15, 0.2) is 0 Å². The lowest BCUT2D eigenvalue weighted by Crippen LogP contribution is -2.56. The van der Waals surface area contributed by atoms with Gasteiger partial charge in [-0.2, -0.15) is 0 Å². The SMILES string of the molecule is CCC(=O)N[C@@H](CO[C@H]1CC(C)[C@H](O)C(O)C1O)[C@H](O)[C@H](O)CC. The van der Waals surface area contributed by atoms with E-state index in [1.54, 1.807) is 20.8 Å². The van der Waals surface area contributed by atoms with Gasteiger partial charge in [0.05, 0.1) is 31.0 Å². The first-order valence-corrected chi connectivity index (χ1v) is 8.54. The van der Waals surface area contributed by atoms with Crippen molar-refractivity contribution < 1.29 is 35.1 Å². The van der Waals surface area contributed by atoms with E-state index in [1.807, 2.05) is 0 Å². The molecule has 1 saturated carbocycles. The first-order chi connectivity index (χ1) is 11.2. The second-order valence-corrected chi connectivity index (χ2v) is 6.55. The number of hydrogen-bond donors (Lipinski definition) is 6. The molecule has 0 aromatic rings. The largest absolute Gasteiger partial charge is 0.390 e. The van der Waals surface area contributed by atoms with Crippen molar-refractivity contribution in [3.8, 4) is 0 Å². The molecule has 0 aromatic heterocycles. The maximum atomic E-state index is 11.6. The fourth-order valence-corrected chi connectivity index (χ4v) is 2.84. The molecule has 1 aliphatic carbocycles. The lowest BCUT2D eigenvalue weighted by atomic mass is 9.82. The van der Waals surface area contributed by atoms with Crippen molar-refractivity contribution >= 4 is 5.91 Å². The third-order valence-electron chi connectivity index (χ3n) is 4.65. The van der Waals surface area contributed by atoms with E-state index in [9.17, 15) is 30.3 Å². The summed E-state index contributed by atoms with van der Waals surface area (Å²) in [6.07, 6.45) is -5.68. The molecule has 0 radical (unpaired) electrons. The summed E-state index contributed by atoms with van der Waals surface area (Å²) in [5.41, 5.74) is 0. The van der Waals surface area contributed by atoms with Gasteiger partial charge in [-0.25, -0.2) is 0 Å². The average molecular weight is 349 g/mol. The second-order valence-electron chi connectivity index (χ2n) is 6.55. The average Bonchev–Trinajstić information content (AvgIpc) is 2.58. The van der Waals surface area contributed by atoms with Crippen molar-refractivity contribution in [3.05, 3.63) is 0 Å². The molecule has 1 rings (SSSR count). The molecule has 0 saturated heterocycles. The number of carbonyl (C=O) groups is 1. The standard InChI is InChI=1S/C16H31NO7/c1-4-10(18)14(21)9(17-12(19)5-2)7-24-11-6-8(3)13(20)16(23)15(11)22/h8-11,13-16,18,20-23H,4-7H2,1-3H3,(H,17,19)/t8?,9-,10+,11-,13-,14-,15?,16?/m0/s1. The summed E-state index contributed by atoms with van der Waals surface area (Å²) in [7, 11) is 0. The lowest BCUT2D eigenvalue weighted by Gasteiger charge is -2.39. The van der Waals surface area contributed by atoms with E-state index >= 15 is 0 Å². The molecule has 24 heavy (non-hydrogen) atoms. The van der Waals surface area contributed by atoms with Gasteiger partial charge in [0.2, 0.25) is 5.91 Å². The quantitative estimate of drug-likeness (QED) is 0.314. The highest BCUT2D eigenvalue weighted by atomic mass is 16.5. The van der Waals surface area contributed by atoms with E-state index < -0.39 is 42.7 Å². The molecule has 1 amide bonds. The monoisotopic (exact) mass is 349 g/mol. The van der Waals surface area contributed by atoms with Crippen molar-refractivity contribution in [2.24, 2.45) is 5.92 Å². The van der Waals surface area contributed by atoms with Crippen LogP contribution in [0, 0.1) is 5.92 Å². The fourth-order valence-electron chi connectivity index (χ4n) is 2.84. The van der Waals surface area contributed by atoms with Crippen molar-refractivity contribution in [1.82, 2.24) is 5.32 Å². The number of hydrogen-bond acceptors (Lipinski definition) is 7. The van der Waals surface area contributed by atoms with Crippen LogP contribution < -0.4 is 5.32 Å². The Morgan fingerprint density at radius 1 is 1.17 bits per heavy atom. The summed E-state index contributed by atoms with van der Waals surface area (Å²) in [5.74, 6) is -0.554. The van der Waals surface area contributed by atoms with Crippen LogP contribution in [0.1, 0.15) is 40.0 Å². The van der Waals surface area contributed by atoms with Gasteiger partial charge >= 0.3 is 0 Å². The number of ether oxygens (including phenoxy) is 1. The van der Waals surface area contributed by atoms with Gasteiger partial charge in [0, 0.05) is 6.42 Å². The molecular formula is C16H31NO7. The van der Waals surface area contributed by atoms with Crippen LogP contribution in [0.4, 0.5) is 0 Å². The maximum Gasteiger partial charge on any atom is 0.220 e. The molecule has 0 spiro atoms. The number of aliphatic hydroxyl groups excluding tert-OH is 5. The Bertz CT molecular complexity index is 395. The van der Waals surface area contributed by atoms with E-state index in [-0.39, 0.29) is 24.9 Å². The van der Waals surface area contributed by atoms with E-state index in [2.05, 4.69) is 5.32 Å². The Morgan fingerprint density at radius 3 is 2.33 bits per heavy atom. The van der Waals surface area contributed by atoms with Crippen molar-refractivity contribution in [2.75, 3.05) is 6.61 Å². The zero-order valence-corrected chi connectivity index (χ0v) is 14.5. The summed E-state index contributed by atoms with van der Waals surface area (Å²) in [6.45, 7) is 4.99. The Hall–Kier alpha value is -0.770. The van der Waals surface area contributed by atoms with Gasteiger partial charge in [-0.3, -0.25) is 4.79 Å². The summed E-state index contributed by atoms with van der Waals surface area (Å²) in [4.78, 5) is 11.6. The van der Waals surface area contributed by atoms with Crippen molar-refractivity contribution in [1.29, 1.82) is 0 Å². The normalized spacial score (nSPS) is 34.4. The third kappa shape index (κ3) is 5.37. The summed E-state index contributed by atoms with van der Waals surface area (Å²) < 4.78 is 5.60. The molecular weight excluding hydrogens is 318 g/mol. The minimum absolute atomic E-state index is 0.124. The number of rotatable bonds is 8. The topological polar surface area (TPSA) is 139 Å². The molecule has 142 valence electrons. The third-order valence-corrected chi connectivity index (χ3v) is 4.65. The smallest absolute Gasteiger partial charge is 0.220 e. The molecule has 8 atom stereocenters. The Balaban J connectivity index is 2.71. The summed E-state index contributed by atoms with van der Waals surface area (Å²) in [6, 6.07) is -0.834. The van der Waals surface area contributed by atoms with Crippen molar-refractivity contribution in [2.45, 2.75) is 82.7 Å². The summed E-state index contributed by atoms with van der Waals surface area (Å²) >= 11 is 0. The molecule has 0 bridgehead atoms. The number of nitrogens with one attached hydrogen (secondary N) is 1. The highest BCUT2D eigenvalue weighted by Crippen LogP contribution is 2.27. The first kappa shape index (κ1) is 21.3. The number of carbonyl (C=O) groups excluding carboxylic acids is 1. The van der Waals surface area contributed by atoms with E-state index in [4.69, 9.17) is 4.74 Å². The van der Waals surface area contributed by atoms with Crippen LogP contribution in [-0.2, 0) is 9.53 Å². The summed E-state index contributed by atoms with van der Waals surface area (Å²) in [5, 5.41) is 52.2. The molecule has 1 fully saturated rings. The maximum absolute atomic E-state index is 11.6. The molecule has 8 heteroatoms. The van der Waals surface area contributed by atoms with E-state index in [0.29, 0.717) is 12.8 Å². The molecule has 0 aliphatic heterocycles. The first-order valence-electron chi connectivity index (χ1n) is 8.54. The van der Waals surface area contributed by atoms with Crippen molar-refractivity contribution in [3.63, 3.8) is 0 Å². The Kier molecular flexibility index (Phi) is 8.55. The van der Waals surface area contributed by atoms with Gasteiger partial charge < -0.3 is 35.6 Å². The number of aliphatic hydroxyl groups is 5. The molecule has 6 N–H and O–H groups in total. The molecule has 1 aliphatic rings. The number of amides is 1. The molecule has 8 nitrogen and oxygen atoms in total. The molecule has 0 aromatic carbocycles. The minimum Gasteiger partial charge on any atom is -0.390 e. The van der Waals surface area contributed by atoms with Crippen LogP contribution >= 0.6 is 0 Å². The van der Waals surface area contributed by atoms with Crippen LogP contribution in [0.2, 0.25) is 0 Å². The van der Waals surface area contributed by atoms with Gasteiger partial charge in [-0.05, 0) is 18.8 Å².